The van der Waals surface area contributed by atoms with Gasteiger partial charge in [0.1, 0.15) is 10.9 Å². The van der Waals surface area contributed by atoms with E-state index in [1.807, 2.05) is 6.92 Å². The van der Waals surface area contributed by atoms with Gasteiger partial charge in [-0.3, -0.25) is 14.3 Å². The van der Waals surface area contributed by atoms with Crippen molar-refractivity contribution in [2.45, 2.75) is 40.2 Å². The van der Waals surface area contributed by atoms with Crippen LogP contribution < -0.4 is 15.0 Å². The van der Waals surface area contributed by atoms with E-state index in [2.05, 4.69) is 24.3 Å². The third-order valence-electron chi connectivity index (χ3n) is 4.86. The van der Waals surface area contributed by atoms with Gasteiger partial charge in [0.25, 0.3) is 0 Å². The Hall–Kier alpha value is -2.80. The summed E-state index contributed by atoms with van der Waals surface area (Å²) < 4.78 is 7.18. The lowest BCUT2D eigenvalue weighted by Crippen LogP contribution is -2.24. The number of aryl methyl sites for hydroxylation is 1. The fourth-order valence-corrected chi connectivity index (χ4v) is 3.75. The minimum Gasteiger partial charge on any atom is -0.494 e. The molecule has 0 spiro atoms. The van der Waals surface area contributed by atoms with Gasteiger partial charge in [0, 0.05) is 42.9 Å². The predicted molar refractivity (Wildman–Crippen MR) is 119 cm³/mol. The average Bonchev–Trinajstić information content (AvgIpc) is 3.22. The number of amides is 2. The topological polar surface area (TPSA) is 76.5 Å². The number of halogens is 1. The number of ether oxygens (including phenoxy) is 1. The lowest BCUT2D eigenvalue weighted by molar-refractivity contribution is -0.117. The van der Waals surface area contributed by atoms with Crippen LogP contribution in [0.4, 0.5) is 11.4 Å². The Morgan fingerprint density at radius 1 is 1.40 bits per heavy atom. The molecule has 1 aromatic heterocycles. The van der Waals surface area contributed by atoms with Crippen LogP contribution in [-0.4, -0.2) is 35.2 Å². The SMILES string of the molecule is COc1cc(NC(=O)/C=C/c2c(C)nn(CC(C)C)c2Cl)ccc1N1CCCC1=O. The molecule has 2 heterocycles. The summed E-state index contributed by atoms with van der Waals surface area (Å²) in [4.78, 5) is 26.1. The van der Waals surface area contributed by atoms with Crippen LogP contribution in [0.3, 0.4) is 0 Å². The Balaban J connectivity index is 1.72. The van der Waals surface area contributed by atoms with E-state index in [-0.39, 0.29) is 11.8 Å². The van der Waals surface area contributed by atoms with Gasteiger partial charge in [-0.05, 0) is 37.5 Å². The molecule has 1 aromatic carbocycles. The Labute approximate surface area is 181 Å². The van der Waals surface area contributed by atoms with Crippen LogP contribution in [-0.2, 0) is 16.1 Å². The van der Waals surface area contributed by atoms with E-state index in [0.717, 1.165) is 17.7 Å². The van der Waals surface area contributed by atoms with E-state index >= 15 is 0 Å². The number of nitrogens with one attached hydrogen (secondary N) is 1. The molecule has 1 fully saturated rings. The van der Waals surface area contributed by atoms with E-state index in [9.17, 15) is 9.59 Å². The number of carbonyl (C=O) groups is 2. The number of hydrogen-bond acceptors (Lipinski definition) is 4. The number of aromatic nitrogens is 2. The van der Waals surface area contributed by atoms with Crippen molar-refractivity contribution in [2.75, 3.05) is 23.9 Å². The van der Waals surface area contributed by atoms with Crippen molar-refractivity contribution < 1.29 is 14.3 Å². The number of nitrogens with zero attached hydrogens (tertiary/aromatic N) is 3. The van der Waals surface area contributed by atoms with Gasteiger partial charge in [-0.15, -0.1) is 0 Å². The highest BCUT2D eigenvalue weighted by Crippen LogP contribution is 2.33. The fraction of sp³-hybridized carbons (Fsp3) is 0.409. The first-order valence-corrected chi connectivity index (χ1v) is 10.4. The number of hydrogen-bond donors (Lipinski definition) is 1. The highest BCUT2D eigenvalue weighted by Gasteiger charge is 2.24. The fourth-order valence-electron chi connectivity index (χ4n) is 3.45. The second-order valence-electron chi connectivity index (χ2n) is 7.72. The van der Waals surface area contributed by atoms with Crippen LogP contribution in [0.25, 0.3) is 6.08 Å². The monoisotopic (exact) mass is 430 g/mol. The van der Waals surface area contributed by atoms with Crippen LogP contribution in [0.2, 0.25) is 5.15 Å². The van der Waals surface area contributed by atoms with Gasteiger partial charge in [-0.2, -0.15) is 5.10 Å². The standard InChI is InChI=1S/C22H27ClN4O3/c1-14(2)13-27-22(23)17(15(3)25-27)8-10-20(28)24-16-7-9-18(19(12-16)30-4)26-11-5-6-21(26)29/h7-10,12,14H,5-6,11,13H2,1-4H3,(H,24,28)/b10-8+. The first kappa shape index (κ1) is 21.9. The molecule has 7 nitrogen and oxygen atoms in total. The molecule has 0 atom stereocenters. The predicted octanol–water partition coefficient (Wildman–Crippen LogP) is 4.29. The van der Waals surface area contributed by atoms with Crippen LogP contribution >= 0.6 is 11.6 Å². The van der Waals surface area contributed by atoms with Gasteiger partial charge >= 0.3 is 0 Å². The summed E-state index contributed by atoms with van der Waals surface area (Å²) >= 11 is 6.42. The van der Waals surface area contributed by atoms with Crippen molar-refractivity contribution in [1.29, 1.82) is 0 Å². The van der Waals surface area contributed by atoms with Gasteiger partial charge in [-0.25, -0.2) is 0 Å². The highest BCUT2D eigenvalue weighted by atomic mass is 35.5. The molecule has 0 unspecified atom stereocenters. The van der Waals surface area contributed by atoms with Crippen LogP contribution in [0.1, 0.15) is 37.9 Å². The largest absolute Gasteiger partial charge is 0.494 e. The van der Waals surface area contributed by atoms with E-state index in [4.69, 9.17) is 16.3 Å². The summed E-state index contributed by atoms with van der Waals surface area (Å²) in [6.45, 7) is 7.44. The maximum Gasteiger partial charge on any atom is 0.248 e. The average molecular weight is 431 g/mol. The summed E-state index contributed by atoms with van der Waals surface area (Å²) in [5, 5.41) is 7.78. The summed E-state index contributed by atoms with van der Waals surface area (Å²) in [7, 11) is 1.55. The molecule has 1 N–H and O–H groups in total. The second kappa shape index (κ2) is 9.34. The Morgan fingerprint density at radius 3 is 2.80 bits per heavy atom. The zero-order chi connectivity index (χ0) is 21.8. The van der Waals surface area contributed by atoms with Crippen molar-refractivity contribution in [3.8, 4) is 5.75 Å². The van der Waals surface area contributed by atoms with Crippen molar-refractivity contribution >= 4 is 40.9 Å². The maximum absolute atomic E-state index is 12.4. The van der Waals surface area contributed by atoms with Gasteiger partial charge in [0.05, 0.1) is 18.5 Å². The van der Waals surface area contributed by atoms with Crippen LogP contribution in [0, 0.1) is 12.8 Å². The molecule has 1 aliphatic heterocycles. The third-order valence-corrected chi connectivity index (χ3v) is 5.26. The molecule has 0 saturated carbocycles. The minimum absolute atomic E-state index is 0.0817. The van der Waals surface area contributed by atoms with Gasteiger partial charge in [0.15, 0.2) is 0 Å². The number of anilines is 2. The molecule has 0 aliphatic carbocycles. The van der Waals surface area contributed by atoms with E-state index in [0.29, 0.717) is 47.7 Å². The number of methoxy groups -OCH3 is 1. The third kappa shape index (κ3) is 4.84. The summed E-state index contributed by atoms with van der Waals surface area (Å²) in [5.41, 5.74) is 2.79. The molecule has 0 radical (unpaired) electrons. The van der Waals surface area contributed by atoms with Crippen LogP contribution in [0.5, 0.6) is 5.75 Å². The van der Waals surface area contributed by atoms with Gasteiger partial charge in [0.2, 0.25) is 11.8 Å². The van der Waals surface area contributed by atoms with Gasteiger partial charge in [-0.1, -0.05) is 25.4 Å². The molecular formula is C22H27ClN4O3. The highest BCUT2D eigenvalue weighted by molar-refractivity contribution is 6.31. The molecule has 0 bridgehead atoms. The summed E-state index contributed by atoms with van der Waals surface area (Å²) in [6, 6.07) is 5.26. The molecule has 160 valence electrons. The van der Waals surface area contributed by atoms with Crippen LogP contribution in [0.15, 0.2) is 24.3 Å². The van der Waals surface area contributed by atoms with Crippen molar-refractivity contribution in [3.05, 3.63) is 40.7 Å². The molecule has 3 rings (SSSR count). The number of carbonyl (C=O) groups excluding carboxylic acids is 2. The zero-order valence-corrected chi connectivity index (χ0v) is 18.5. The minimum atomic E-state index is -0.297. The Morgan fingerprint density at radius 2 is 2.17 bits per heavy atom. The lowest BCUT2D eigenvalue weighted by Gasteiger charge is -2.19. The number of rotatable bonds is 7. The van der Waals surface area contributed by atoms with Crippen molar-refractivity contribution in [3.63, 3.8) is 0 Å². The normalized spacial score (nSPS) is 14.2. The number of benzene rings is 1. The molecule has 2 aromatic rings. The Bertz CT molecular complexity index is 981. The Kier molecular flexibility index (Phi) is 6.82. The van der Waals surface area contributed by atoms with E-state index < -0.39 is 0 Å². The maximum atomic E-state index is 12.4. The molecule has 8 heteroatoms. The molecular weight excluding hydrogens is 404 g/mol. The van der Waals surface area contributed by atoms with Crippen molar-refractivity contribution in [2.24, 2.45) is 5.92 Å². The van der Waals surface area contributed by atoms with E-state index in [1.165, 1.54) is 6.08 Å². The van der Waals surface area contributed by atoms with Crippen molar-refractivity contribution in [1.82, 2.24) is 9.78 Å². The molecule has 30 heavy (non-hydrogen) atoms. The lowest BCUT2D eigenvalue weighted by atomic mass is 10.2. The van der Waals surface area contributed by atoms with E-state index in [1.54, 1.807) is 41.0 Å². The molecule has 2 amide bonds. The van der Waals surface area contributed by atoms with Gasteiger partial charge < -0.3 is 15.0 Å². The molecule has 1 aliphatic rings. The smallest absolute Gasteiger partial charge is 0.248 e. The second-order valence-corrected chi connectivity index (χ2v) is 8.08. The summed E-state index contributed by atoms with van der Waals surface area (Å²) in [5.74, 6) is 0.740. The first-order chi connectivity index (χ1) is 14.3. The molecule has 1 saturated heterocycles. The first-order valence-electron chi connectivity index (χ1n) is 10.0. The summed E-state index contributed by atoms with van der Waals surface area (Å²) in [6.07, 6.45) is 4.48. The zero-order valence-electron chi connectivity index (χ0n) is 17.7. The quantitative estimate of drug-likeness (QED) is 0.665.